The molecule has 0 bridgehead atoms. The van der Waals surface area contributed by atoms with E-state index in [9.17, 15) is 9.59 Å². The van der Waals surface area contributed by atoms with E-state index in [0.717, 1.165) is 22.3 Å². The molecule has 1 aromatic rings. The lowest BCUT2D eigenvalue weighted by Gasteiger charge is -2.23. The first-order chi connectivity index (χ1) is 10.5. The second-order valence-corrected chi connectivity index (χ2v) is 6.13. The highest BCUT2D eigenvalue weighted by atomic mass is 79.9. The van der Waals surface area contributed by atoms with Gasteiger partial charge in [0.2, 0.25) is 11.8 Å². The molecule has 0 saturated carbocycles. The van der Waals surface area contributed by atoms with Crippen LogP contribution in [0.5, 0.6) is 0 Å². The summed E-state index contributed by atoms with van der Waals surface area (Å²) in [5.41, 5.74) is 1.70. The molecular weight excluding hydrogens is 350 g/mol. The van der Waals surface area contributed by atoms with E-state index in [1.165, 1.54) is 0 Å². The molecule has 1 saturated heterocycles. The molecule has 0 aromatic heterocycles. The van der Waals surface area contributed by atoms with E-state index >= 15 is 0 Å². The lowest BCUT2D eigenvalue weighted by atomic mass is 10.2. The Balaban J connectivity index is 1.75. The van der Waals surface area contributed by atoms with Crippen LogP contribution >= 0.6 is 15.9 Å². The van der Waals surface area contributed by atoms with Crippen molar-refractivity contribution in [2.45, 2.75) is 19.4 Å². The Hall–Kier alpha value is -1.44. The second kappa shape index (κ2) is 8.26. The SMILES string of the molecule is Cc1ccc(Br)cc1NC(=O)CNC(=O)CC1COCCN1. The van der Waals surface area contributed by atoms with Crippen molar-refractivity contribution in [2.24, 2.45) is 0 Å². The number of nitrogens with one attached hydrogen (secondary N) is 3. The van der Waals surface area contributed by atoms with E-state index in [4.69, 9.17) is 4.74 Å². The minimum atomic E-state index is -0.248. The number of aryl methyl sites for hydroxylation is 1. The van der Waals surface area contributed by atoms with Crippen molar-refractivity contribution < 1.29 is 14.3 Å². The van der Waals surface area contributed by atoms with Crippen molar-refractivity contribution >= 4 is 33.4 Å². The van der Waals surface area contributed by atoms with Crippen molar-refractivity contribution in [3.8, 4) is 0 Å². The Kier molecular flexibility index (Phi) is 6.35. The molecule has 120 valence electrons. The smallest absolute Gasteiger partial charge is 0.243 e. The lowest BCUT2D eigenvalue weighted by Crippen LogP contribution is -2.45. The van der Waals surface area contributed by atoms with Crippen LogP contribution in [-0.4, -0.2) is 44.2 Å². The third-order valence-corrected chi connectivity index (χ3v) is 3.84. The van der Waals surface area contributed by atoms with E-state index < -0.39 is 0 Å². The van der Waals surface area contributed by atoms with Gasteiger partial charge in [0.1, 0.15) is 0 Å². The zero-order chi connectivity index (χ0) is 15.9. The van der Waals surface area contributed by atoms with Gasteiger partial charge < -0.3 is 20.7 Å². The maximum Gasteiger partial charge on any atom is 0.243 e. The summed E-state index contributed by atoms with van der Waals surface area (Å²) >= 11 is 3.36. The molecule has 6 nitrogen and oxygen atoms in total. The highest BCUT2D eigenvalue weighted by molar-refractivity contribution is 9.10. The van der Waals surface area contributed by atoms with Crippen molar-refractivity contribution in [3.63, 3.8) is 0 Å². The van der Waals surface area contributed by atoms with E-state index in [2.05, 4.69) is 31.9 Å². The summed E-state index contributed by atoms with van der Waals surface area (Å²) in [6, 6.07) is 5.67. The van der Waals surface area contributed by atoms with Crippen LogP contribution in [0.4, 0.5) is 5.69 Å². The van der Waals surface area contributed by atoms with Crippen LogP contribution in [0.25, 0.3) is 0 Å². The Bertz CT molecular complexity index is 545. The minimum absolute atomic E-state index is 0.0177. The molecule has 0 spiro atoms. The second-order valence-electron chi connectivity index (χ2n) is 5.21. The molecule has 1 fully saturated rings. The van der Waals surface area contributed by atoms with Crippen LogP contribution in [0.15, 0.2) is 22.7 Å². The fourth-order valence-electron chi connectivity index (χ4n) is 2.15. The number of hydrogen-bond donors (Lipinski definition) is 3. The van der Waals surface area contributed by atoms with Crippen molar-refractivity contribution in [2.75, 3.05) is 31.6 Å². The predicted octanol–water partition coefficient (Wildman–Crippen LogP) is 1.19. The fourth-order valence-corrected chi connectivity index (χ4v) is 2.51. The van der Waals surface area contributed by atoms with Crippen LogP contribution in [0, 0.1) is 6.92 Å². The van der Waals surface area contributed by atoms with Crippen LogP contribution in [0.2, 0.25) is 0 Å². The van der Waals surface area contributed by atoms with Gasteiger partial charge in [-0.25, -0.2) is 0 Å². The van der Waals surface area contributed by atoms with Gasteiger partial charge in [-0.1, -0.05) is 22.0 Å². The Labute approximate surface area is 138 Å². The Morgan fingerprint density at radius 1 is 1.41 bits per heavy atom. The van der Waals surface area contributed by atoms with Gasteiger partial charge in [0.15, 0.2) is 0 Å². The number of benzene rings is 1. The van der Waals surface area contributed by atoms with Gasteiger partial charge in [0.05, 0.1) is 19.8 Å². The molecule has 2 amide bonds. The molecule has 1 aliphatic rings. The van der Waals surface area contributed by atoms with Gasteiger partial charge in [-0.15, -0.1) is 0 Å². The first-order valence-electron chi connectivity index (χ1n) is 7.18. The molecule has 22 heavy (non-hydrogen) atoms. The quantitative estimate of drug-likeness (QED) is 0.728. The highest BCUT2D eigenvalue weighted by Gasteiger charge is 2.17. The topological polar surface area (TPSA) is 79.5 Å². The number of amides is 2. The average Bonchev–Trinajstić information content (AvgIpc) is 2.50. The number of rotatable bonds is 5. The van der Waals surface area contributed by atoms with Gasteiger partial charge in [-0.2, -0.15) is 0 Å². The van der Waals surface area contributed by atoms with Gasteiger partial charge >= 0.3 is 0 Å². The molecule has 0 aliphatic carbocycles. The van der Waals surface area contributed by atoms with E-state index in [1.807, 2.05) is 25.1 Å². The monoisotopic (exact) mass is 369 g/mol. The number of ether oxygens (including phenoxy) is 1. The molecular formula is C15H20BrN3O3. The van der Waals surface area contributed by atoms with Crippen LogP contribution in [-0.2, 0) is 14.3 Å². The first kappa shape index (κ1) is 16.9. The van der Waals surface area contributed by atoms with Gasteiger partial charge in [0.25, 0.3) is 0 Å². The predicted molar refractivity (Wildman–Crippen MR) is 87.7 cm³/mol. The summed E-state index contributed by atoms with van der Waals surface area (Å²) in [5.74, 6) is -0.411. The third-order valence-electron chi connectivity index (χ3n) is 3.35. The van der Waals surface area contributed by atoms with Gasteiger partial charge in [0, 0.05) is 29.2 Å². The van der Waals surface area contributed by atoms with Crippen LogP contribution in [0.1, 0.15) is 12.0 Å². The molecule has 7 heteroatoms. The average molecular weight is 370 g/mol. The zero-order valence-electron chi connectivity index (χ0n) is 12.4. The summed E-state index contributed by atoms with van der Waals surface area (Å²) in [5, 5.41) is 8.61. The lowest BCUT2D eigenvalue weighted by molar-refractivity contribution is -0.125. The Morgan fingerprint density at radius 2 is 2.23 bits per heavy atom. The standard InChI is InChI=1S/C15H20BrN3O3/c1-10-2-3-11(16)6-13(10)19-15(21)8-18-14(20)7-12-9-22-5-4-17-12/h2-3,6,12,17H,4-5,7-9H2,1H3,(H,18,20)(H,19,21). The number of carbonyl (C=O) groups is 2. The summed E-state index contributed by atoms with van der Waals surface area (Å²) in [7, 11) is 0. The molecule has 2 rings (SSSR count). The summed E-state index contributed by atoms with van der Waals surface area (Å²) in [4.78, 5) is 23.7. The minimum Gasteiger partial charge on any atom is -0.378 e. The fraction of sp³-hybridized carbons (Fsp3) is 0.467. The number of halogens is 1. The summed E-state index contributed by atoms with van der Waals surface area (Å²) < 4.78 is 6.18. The Morgan fingerprint density at radius 3 is 2.95 bits per heavy atom. The third kappa shape index (κ3) is 5.40. The largest absolute Gasteiger partial charge is 0.378 e. The molecule has 1 unspecified atom stereocenters. The van der Waals surface area contributed by atoms with Gasteiger partial charge in [-0.3, -0.25) is 9.59 Å². The van der Waals surface area contributed by atoms with Crippen LogP contribution < -0.4 is 16.0 Å². The summed E-state index contributed by atoms with van der Waals surface area (Å²) in [6.07, 6.45) is 0.309. The van der Waals surface area contributed by atoms with Crippen molar-refractivity contribution in [3.05, 3.63) is 28.2 Å². The number of hydrogen-bond acceptors (Lipinski definition) is 4. The molecule has 1 atom stereocenters. The van der Waals surface area contributed by atoms with E-state index in [0.29, 0.717) is 19.6 Å². The van der Waals surface area contributed by atoms with Crippen molar-refractivity contribution in [1.82, 2.24) is 10.6 Å². The maximum absolute atomic E-state index is 11.9. The molecule has 3 N–H and O–H groups in total. The number of carbonyl (C=O) groups excluding carboxylic acids is 2. The normalized spacial score (nSPS) is 17.8. The first-order valence-corrected chi connectivity index (χ1v) is 7.97. The maximum atomic E-state index is 11.9. The van der Waals surface area contributed by atoms with Gasteiger partial charge in [-0.05, 0) is 24.6 Å². The number of morpholine rings is 1. The molecule has 1 aromatic carbocycles. The zero-order valence-corrected chi connectivity index (χ0v) is 14.0. The summed E-state index contributed by atoms with van der Waals surface area (Å²) in [6.45, 7) is 3.82. The van der Waals surface area contributed by atoms with Crippen LogP contribution in [0.3, 0.4) is 0 Å². The molecule has 1 heterocycles. The highest BCUT2D eigenvalue weighted by Crippen LogP contribution is 2.20. The van der Waals surface area contributed by atoms with E-state index in [-0.39, 0.29) is 24.4 Å². The molecule has 1 aliphatic heterocycles. The molecule has 0 radical (unpaired) electrons. The van der Waals surface area contributed by atoms with E-state index in [1.54, 1.807) is 0 Å². The van der Waals surface area contributed by atoms with Crippen molar-refractivity contribution in [1.29, 1.82) is 0 Å². The number of anilines is 1.